The van der Waals surface area contributed by atoms with E-state index in [0.717, 1.165) is 10.8 Å². The average molecular weight is 284 g/mol. The van der Waals surface area contributed by atoms with E-state index in [1.807, 2.05) is 0 Å². The zero-order valence-electron chi connectivity index (χ0n) is 6.72. The molecule has 0 aromatic rings. The number of carbonyl (C=O) groups is 1. The van der Waals surface area contributed by atoms with Crippen LogP contribution in [0.3, 0.4) is 0 Å². The second-order valence-electron chi connectivity index (χ2n) is 2.53. The zero-order valence-corrected chi connectivity index (χ0v) is 8.87. The first-order valence-electron chi connectivity index (χ1n) is 3.68. The zero-order chi connectivity index (χ0) is 9.56. The SMILES string of the molecule is N=C(CCI)CCC(N)C(=O)O. The molecule has 0 radical (unpaired) electrons. The Kier molecular flexibility index (Phi) is 6.27. The summed E-state index contributed by atoms with van der Waals surface area (Å²) < 4.78 is 0.902. The normalized spacial score (nSPS) is 12.5. The number of aliphatic carboxylic acids is 1. The van der Waals surface area contributed by atoms with E-state index < -0.39 is 12.0 Å². The maximum absolute atomic E-state index is 10.3. The smallest absolute Gasteiger partial charge is 0.320 e. The molecule has 0 spiro atoms. The molecule has 0 rings (SSSR count). The number of carboxylic acids is 1. The highest BCUT2D eigenvalue weighted by molar-refractivity contribution is 14.1. The van der Waals surface area contributed by atoms with Gasteiger partial charge in [-0.15, -0.1) is 0 Å². The summed E-state index contributed by atoms with van der Waals surface area (Å²) in [6.45, 7) is 0. The maximum atomic E-state index is 10.3. The molecule has 0 saturated carbocycles. The van der Waals surface area contributed by atoms with Crippen molar-refractivity contribution in [3.8, 4) is 0 Å². The van der Waals surface area contributed by atoms with Crippen LogP contribution in [0.5, 0.6) is 0 Å². The molecule has 4 N–H and O–H groups in total. The number of carboxylic acid groups (broad SMARTS) is 1. The average Bonchev–Trinajstić information content (AvgIpc) is 2.00. The number of nitrogens with two attached hydrogens (primary N) is 1. The number of rotatable bonds is 6. The first-order chi connectivity index (χ1) is 5.57. The van der Waals surface area contributed by atoms with Crippen LogP contribution in [0.2, 0.25) is 0 Å². The summed E-state index contributed by atoms with van der Waals surface area (Å²) in [7, 11) is 0. The lowest BCUT2D eigenvalue weighted by Crippen LogP contribution is -2.30. The van der Waals surface area contributed by atoms with Gasteiger partial charge < -0.3 is 16.2 Å². The molecule has 0 aliphatic carbocycles. The highest BCUT2D eigenvalue weighted by Crippen LogP contribution is 2.01. The minimum absolute atomic E-state index is 0.366. The van der Waals surface area contributed by atoms with Crippen molar-refractivity contribution in [3.05, 3.63) is 0 Å². The molecule has 70 valence electrons. The van der Waals surface area contributed by atoms with Crippen LogP contribution in [0, 0.1) is 5.41 Å². The van der Waals surface area contributed by atoms with Gasteiger partial charge in [0.15, 0.2) is 0 Å². The van der Waals surface area contributed by atoms with Gasteiger partial charge in [0, 0.05) is 10.1 Å². The van der Waals surface area contributed by atoms with Gasteiger partial charge in [-0.1, -0.05) is 22.6 Å². The van der Waals surface area contributed by atoms with Gasteiger partial charge in [-0.05, 0) is 19.3 Å². The minimum atomic E-state index is -0.989. The number of alkyl halides is 1. The Bertz CT molecular complexity index is 173. The third kappa shape index (κ3) is 5.48. The van der Waals surface area contributed by atoms with E-state index in [0.29, 0.717) is 18.6 Å². The molecule has 0 fully saturated rings. The Morgan fingerprint density at radius 3 is 2.58 bits per heavy atom. The lowest BCUT2D eigenvalue weighted by Gasteiger charge is -2.05. The molecule has 0 aliphatic heterocycles. The molecule has 0 heterocycles. The fourth-order valence-electron chi connectivity index (χ4n) is 0.692. The van der Waals surface area contributed by atoms with Gasteiger partial charge in [0.2, 0.25) is 0 Å². The predicted molar refractivity (Wildman–Crippen MR) is 56.1 cm³/mol. The van der Waals surface area contributed by atoms with E-state index in [2.05, 4.69) is 22.6 Å². The van der Waals surface area contributed by atoms with E-state index >= 15 is 0 Å². The molecule has 1 atom stereocenters. The summed E-state index contributed by atoms with van der Waals surface area (Å²) in [4.78, 5) is 10.3. The molecule has 0 amide bonds. The van der Waals surface area contributed by atoms with Crippen molar-refractivity contribution in [3.63, 3.8) is 0 Å². The van der Waals surface area contributed by atoms with Crippen molar-refractivity contribution in [2.24, 2.45) is 5.73 Å². The highest BCUT2D eigenvalue weighted by Gasteiger charge is 2.11. The van der Waals surface area contributed by atoms with Crippen LogP contribution in [-0.4, -0.2) is 27.3 Å². The molecule has 5 heteroatoms. The third-order valence-corrected chi connectivity index (χ3v) is 2.01. The summed E-state index contributed by atoms with van der Waals surface area (Å²) in [5.74, 6) is -0.989. The molecule has 0 saturated heterocycles. The summed E-state index contributed by atoms with van der Waals surface area (Å²) in [6, 6.07) is -0.820. The second kappa shape index (κ2) is 6.36. The second-order valence-corrected chi connectivity index (χ2v) is 3.60. The van der Waals surface area contributed by atoms with E-state index in [1.165, 1.54) is 0 Å². The van der Waals surface area contributed by atoms with Crippen LogP contribution in [0.15, 0.2) is 0 Å². The summed E-state index contributed by atoms with van der Waals surface area (Å²) in [5.41, 5.74) is 5.85. The molecule has 0 aromatic heterocycles. The number of hydrogen-bond donors (Lipinski definition) is 3. The fraction of sp³-hybridized carbons (Fsp3) is 0.714. The number of hydrogen-bond acceptors (Lipinski definition) is 3. The first kappa shape index (κ1) is 11.8. The Balaban J connectivity index is 3.54. The van der Waals surface area contributed by atoms with Crippen molar-refractivity contribution < 1.29 is 9.90 Å². The van der Waals surface area contributed by atoms with E-state index in [9.17, 15) is 4.79 Å². The summed E-state index contributed by atoms with van der Waals surface area (Å²) in [5, 5.41) is 15.8. The molecule has 0 aliphatic rings. The van der Waals surface area contributed by atoms with Crippen molar-refractivity contribution in [1.29, 1.82) is 5.41 Å². The van der Waals surface area contributed by atoms with Crippen LogP contribution < -0.4 is 5.73 Å². The summed E-state index contributed by atoms with van der Waals surface area (Å²) >= 11 is 2.18. The lowest BCUT2D eigenvalue weighted by atomic mass is 10.1. The van der Waals surface area contributed by atoms with Crippen LogP contribution in [0.25, 0.3) is 0 Å². The molecule has 1 unspecified atom stereocenters. The van der Waals surface area contributed by atoms with Gasteiger partial charge in [0.1, 0.15) is 6.04 Å². The standard InChI is InChI=1S/C7H13IN2O2/c8-4-3-5(9)1-2-6(10)7(11)12/h6,9H,1-4,10H2,(H,11,12). The van der Waals surface area contributed by atoms with Crippen LogP contribution in [0.4, 0.5) is 0 Å². The van der Waals surface area contributed by atoms with Crippen LogP contribution >= 0.6 is 22.6 Å². The van der Waals surface area contributed by atoms with Gasteiger partial charge in [-0.2, -0.15) is 0 Å². The van der Waals surface area contributed by atoms with Crippen molar-refractivity contribution in [2.45, 2.75) is 25.3 Å². The Hall–Kier alpha value is -0.170. The monoisotopic (exact) mass is 284 g/mol. The molecular formula is C7H13IN2O2. The molecule has 4 nitrogen and oxygen atoms in total. The molecule has 0 aromatic carbocycles. The van der Waals surface area contributed by atoms with Crippen LogP contribution in [-0.2, 0) is 4.79 Å². The van der Waals surface area contributed by atoms with Crippen molar-refractivity contribution >= 4 is 34.3 Å². The maximum Gasteiger partial charge on any atom is 0.320 e. The Morgan fingerprint density at radius 2 is 2.17 bits per heavy atom. The fourth-order valence-corrected chi connectivity index (χ4v) is 1.34. The molecule has 12 heavy (non-hydrogen) atoms. The van der Waals surface area contributed by atoms with Gasteiger partial charge in [-0.3, -0.25) is 4.79 Å². The Labute approximate surface area is 85.2 Å². The van der Waals surface area contributed by atoms with E-state index in [1.54, 1.807) is 0 Å². The van der Waals surface area contributed by atoms with Crippen LogP contribution in [0.1, 0.15) is 19.3 Å². The topological polar surface area (TPSA) is 87.2 Å². The lowest BCUT2D eigenvalue weighted by molar-refractivity contribution is -0.138. The molecular weight excluding hydrogens is 271 g/mol. The van der Waals surface area contributed by atoms with Gasteiger partial charge in [0.25, 0.3) is 0 Å². The van der Waals surface area contributed by atoms with Gasteiger partial charge in [0.05, 0.1) is 0 Å². The highest BCUT2D eigenvalue weighted by atomic mass is 127. The first-order valence-corrected chi connectivity index (χ1v) is 5.21. The van der Waals surface area contributed by atoms with Gasteiger partial charge in [-0.25, -0.2) is 0 Å². The largest absolute Gasteiger partial charge is 0.480 e. The minimum Gasteiger partial charge on any atom is -0.480 e. The summed E-state index contributed by atoms with van der Waals surface area (Å²) in [6.07, 6.45) is 1.59. The molecule has 0 bridgehead atoms. The van der Waals surface area contributed by atoms with E-state index in [-0.39, 0.29) is 0 Å². The Morgan fingerprint density at radius 1 is 1.58 bits per heavy atom. The van der Waals surface area contributed by atoms with Crippen molar-refractivity contribution in [2.75, 3.05) is 4.43 Å². The van der Waals surface area contributed by atoms with Gasteiger partial charge >= 0.3 is 5.97 Å². The third-order valence-electron chi connectivity index (χ3n) is 1.47. The number of halogens is 1. The van der Waals surface area contributed by atoms with E-state index in [4.69, 9.17) is 16.2 Å². The van der Waals surface area contributed by atoms with Crippen molar-refractivity contribution in [1.82, 2.24) is 0 Å². The predicted octanol–water partition coefficient (Wildman–Crippen LogP) is 1.02. The number of nitrogens with one attached hydrogen (secondary N) is 1. The quantitative estimate of drug-likeness (QED) is 0.386.